The first-order chi connectivity index (χ1) is 16.6. The molecule has 0 atom stereocenters. The molecule has 0 saturated heterocycles. The van der Waals surface area contributed by atoms with Gasteiger partial charge in [-0.2, -0.15) is 13.2 Å². The average molecular weight is 532 g/mol. The molecule has 1 aliphatic rings. The highest BCUT2D eigenvalue weighted by Gasteiger charge is 2.33. The number of aromatic nitrogens is 1. The number of hydrogen-bond donors (Lipinski definition) is 2. The minimum Gasteiger partial charge on any atom is -0.481 e. The van der Waals surface area contributed by atoms with Crippen molar-refractivity contribution in [1.82, 2.24) is 9.88 Å². The Hall–Kier alpha value is -2.31. The number of carboxylic acid groups (broad SMARTS) is 1. The molecule has 2 N–H and O–H groups in total. The fourth-order valence-corrected chi connectivity index (χ4v) is 5.53. The number of thiazole rings is 1. The van der Waals surface area contributed by atoms with E-state index in [-0.39, 0.29) is 43.1 Å². The third-order valence-corrected chi connectivity index (χ3v) is 7.87. The molecule has 0 unspecified atom stereocenters. The number of thioether (sulfide) groups is 1. The van der Waals surface area contributed by atoms with Crippen LogP contribution in [-0.2, 0) is 22.3 Å². The highest BCUT2D eigenvalue weighted by Crippen LogP contribution is 2.33. The van der Waals surface area contributed by atoms with Crippen LogP contribution in [0.4, 0.5) is 23.1 Å². The molecule has 2 aromatic rings. The summed E-state index contributed by atoms with van der Waals surface area (Å²) in [4.78, 5) is 29.7. The van der Waals surface area contributed by atoms with E-state index < -0.39 is 17.7 Å². The number of rotatable bonds is 10. The molecule has 12 heteroatoms. The lowest BCUT2D eigenvalue weighted by Crippen LogP contribution is -2.46. The highest BCUT2D eigenvalue weighted by atomic mass is 32.2. The molecule has 1 aromatic carbocycles. The average Bonchev–Trinajstić information content (AvgIpc) is 3.25. The fraction of sp³-hybridized carbons (Fsp3) is 0.522. The Morgan fingerprint density at radius 2 is 1.97 bits per heavy atom. The van der Waals surface area contributed by atoms with Gasteiger partial charge in [0.1, 0.15) is 0 Å². The van der Waals surface area contributed by atoms with Gasteiger partial charge in [-0.25, -0.2) is 9.78 Å². The molecule has 35 heavy (non-hydrogen) atoms. The number of nitrogens with zero attached hydrogens (tertiary/aromatic N) is 2. The number of amides is 2. The predicted molar refractivity (Wildman–Crippen MR) is 129 cm³/mol. The van der Waals surface area contributed by atoms with Crippen molar-refractivity contribution in [3.63, 3.8) is 0 Å². The van der Waals surface area contributed by atoms with Crippen LogP contribution >= 0.6 is 23.1 Å². The second-order valence-electron chi connectivity index (χ2n) is 8.41. The molecular weight excluding hydrogens is 503 g/mol. The number of nitrogens with one attached hydrogen (secondary N) is 1. The summed E-state index contributed by atoms with van der Waals surface area (Å²) < 4.78 is 45.9. The van der Waals surface area contributed by atoms with Crippen molar-refractivity contribution < 1.29 is 32.6 Å². The molecule has 7 nitrogen and oxygen atoms in total. The first kappa shape index (κ1) is 27.3. The van der Waals surface area contributed by atoms with Crippen LogP contribution in [0.25, 0.3) is 0 Å². The molecule has 1 saturated carbocycles. The molecule has 1 aliphatic carbocycles. The van der Waals surface area contributed by atoms with E-state index in [4.69, 9.17) is 9.84 Å². The van der Waals surface area contributed by atoms with Crippen molar-refractivity contribution in [1.29, 1.82) is 0 Å². The maximum atomic E-state index is 13.2. The van der Waals surface area contributed by atoms with Gasteiger partial charge >= 0.3 is 18.2 Å². The SMILES string of the molecule is C[C@H]1CC[C@H](N(CCOCc2ccccc2C(F)(F)F)C(=O)Nc2ncc(SCC(=O)O)s2)CC1. The summed E-state index contributed by atoms with van der Waals surface area (Å²) in [5.41, 5.74) is -0.673. The number of carbonyl (C=O) groups excluding carboxylic acids is 1. The molecule has 3 rings (SSSR count). The summed E-state index contributed by atoms with van der Waals surface area (Å²) in [6.07, 6.45) is 0.705. The minimum atomic E-state index is -4.46. The number of ether oxygens (including phenoxy) is 1. The van der Waals surface area contributed by atoms with E-state index in [0.29, 0.717) is 15.3 Å². The number of carbonyl (C=O) groups is 2. The first-order valence-electron chi connectivity index (χ1n) is 11.2. The van der Waals surface area contributed by atoms with Crippen molar-refractivity contribution >= 4 is 40.2 Å². The van der Waals surface area contributed by atoms with Gasteiger partial charge in [0.15, 0.2) is 5.13 Å². The van der Waals surface area contributed by atoms with Crippen LogP contribution < -0.4 is 5.32 Å². The van der Waals surface area contributed by atoms with Crippen molar-refractivity contribution in [3.8, 4) is 0 Å². The van der Waals surface area contributed by atoms with Gasteiger partial charge in [0, 0.05) is 12.6 Å². The van der Waals surface area contributed by atoms with Gasteiger partial charge in [-0.3, -0.25) is 10.1 Å². The maximum Gasteiger partial charge on any atom is 0.416 e. The Labute approximate surface area is 210 Å². The maximum absolute atomic E-state index is 13.2. The number of benzene rings is 1. The largest absolute Gasteiger partial charge is 0.481 e. The molecule has 192 valence electrons. The van der Waals surface area contributed by atoms with Gasteiger partial charge in [0.25, 0.3) is 0 Å². The van der Waals surface area contributed by atoms with Gasteiger partial charge in [0.05, 0.1) is 34.9 Å². The van der Waals surface area contributed by atoms with E-state index in [1.54, 1.807) is 4.90 Å². The van der Waals surface area contributed by atoms with Crippen LogP contribution in [0.2, 0.25) is 0 Å². The second kappa shape index (κ2) is 12.6. The third-order valence-electron chi connectivity index (χ3n) is 5.78. The summed E-state index contributed by atoms with van der Waals surface area (Å²) >= 11 is 2.31. The molecule has 0 spiro atoms. The van der Waals surface area contributed by atoms with Gasteiger partial charge in [-0.15, -0.1) is 11.8 Å². The van der Waals surface area contributed by atoms with E-state index in [0.717, 1.165) is 43.5 Å². The molecule has 1 fully saturated rings. The highest BCUT2D eigenvalue weighted by molar-refractivity contribution is 8.01. The Morgan fingerprint density at radius 3 is 2.66 bits per heavy atom. The topological polar surface area (TPSA) is 91.8 Å². The Morgan fingerprint density at radius 1 is 1.26 bits per heavy atom. The van der Waals surface area contributed by atoms with E-state index in [1.807, 2.05) is 0 Å². The molecule has 1 heterocycles. The standard InChI is InChI=1S/C23H28F3N3O4S2/c1-15-6-8-17(9-7-15)29(22(32)28-21-27-12-20(35-21)34-14-19(30)31)10-11-33-13-16-4-2-3-5-18(16)23(24,25)26/h2-5,12,15,17H,6-11,13-14H2,1H3,(H,30,31)(H,27,28,32)/t15-,17-. The van der Waals surface area contributed by atoms with Crippen molar-refractivity contribution in [2.45, 2.75) is 55.6 Å². The number of carboxylic acids is 1. The van der Waals surface area contributed by atoms with Gasteiger partial charge in [0.2, 0.25) is 0 Å². The van der Waals surface area contributed by atoms with Crippen LogP contribution in [0.15, 0.2) is 34.7 Å². The third kappa shape index (κ3) is 8.39. The Kier molecular flexibility index (Phi) is 9.81. The molecule has 0 aliphatic heterocycles. The van der Waals surface area contributed by atoms with Crippen LogP contribution in [-0.4, -0.2) is 51.9 Å². The number of halogens is 3. The van der Waals surface area contributed by atoms with Crippen LogP contribution in [0.1, 0.15) is 43.7 Å². The monoisotopic (exact) mass is 531 g/mol. The minimum absolute atomic E-state index is 0.00178. The molecule has 0 bridgehead atoms. The predicted octanol–water partition coefficient (Wildman–Crippen LogP) is 5.97. The number of hydrogen-bond acceptors (Lipinski definition) is 6. The molecule has 0 radical (unpaired) electrons. The molecule has 1 aromatic heterocycles. The van der Waals surface area contributed by atoms with E-state index in [9.17, 15) is 22.8 Å². The Bertz CT molecular complexity index is 994. The quantitative estimate of drug-likeness (QED) is 0.290. The second-order valence-corrected chi connectivity index (χ2v) is 10.7. The first-order valence-corrected chi connectivity index (χ1v) is 13.0. The smallest absolute Gasteiger partial charge is 0.416 e. The van der Waals surface area contributed by atoms with Gasteiger partial charge in [-0.05, 0) is 43.2 Å². The summed E-state index contributed by atoms with van der Waals surface area (Å²) in [6, 6.07) is 4.93. The summed E-state index contributed by atoms with van der Waals surface area (Å²) in [6.45, 7) is 2.28. The zero-order valence-corrected chi connectivity index (χ0v) is 20.8. The number of alkyl halides is 3. The lowest BCUT2D eigenvalue weighted by atomic mass is 9.86. The zero-order chi connectivity index (χ0) is 25.4. The van der Waals surface area contributed by atoms with Crippen LogP contribution in [0.5, 0.6) is 0 Å². The number of anilines is 1. The normalized spacial score (nSPS) is 18.3. The zero-order valence-electron chi connectivity index (χ0n) is 19.2. The lowest BCUT2D eigenvalue weighted by Gasteiger charge is -2.36. The van der Waals surface area contributed by atoms with Crippen molar-refractivity contribution in [2.75, 3.05) is 24.2 Å². The van der Waals surface area contributed by atoms with E-state index in [2.05, 4.69) is 17.2 Å². The summed E-state index contributed by atoms with van der Waals surface area (Å²) in [5.74, 6) is -0.458. The van der Waals surface area contributed by atoms with E-state index in [1.165, 1.54) is 35.7 Å². The lowest BCUT2D eigenvalue weighted by molar-refractivity contribution is -0.139. The summed E-state index contributed by atoms with van der Waals surface area (Å²) in [5, 5.41) is 11.9. The van der Waals surface area contributed by atoms with Crippen molar-refractivity contribution in [2.24, 2.45) is 5.92 Å². The van der Waals surface area contributed by atoms with Crippen LogP contribution in [0.3, 0.4) is 0 Å². The van der Waals surface area contributed by atoms with Gasteiger partial charge < -0.3 is 14.7 Å². The fourth-order valence-electron chi connectivity index (χ4n) is 3.95. The van der Waals surface area contributed by atoms with Crippen LogP contribution in [0, 0.1) is 5.92 Å². The Balaban J connectivity index is 1.60. The number of urea groups is 1. The van der Waals surface area contributed by atoms with E-state index >= 15 is 0 Å². The molecule has 2 amide bonds. The summed E-state index contributed by atoms with van der Waals surface area (Å²) in [7, 11) is 0. The van der Waals surface area contributed by atoms with Gasteiger partial charge in [-0.1, -0.05) is 36.5 Å². The number of aliphatic carboxylic acids is 1. The molecular formula is C23H28F3N3O4S2. The van der Waals surface area contributed by atoms with Crippen molar-refractivity contribution in [3.05, 3.63) is 41.6 Å².